The topological polar surface area (TPSA) is 26.0 Å². The Morgan fingerprint density at radius 2 is 2.11 bits per heavy atom. The summed E-state index contributed by atoms with van der Waals surface area (Å²) in [4.78, 5) is 0. The molecule has 2 unspecified atom stereocenters. The molecular formula is C7H16ClN. The molecule has 0 heterocycles. The molecule has 0 aromatic carbocycles. The van der Waals surface area contributed by atoms with Crippen molar-refractivity contribution in [2.45, 2.75) is 26.2 Å². The van der Waals surface area contributed by atoms with Crippen molar-refractivity contribution in [2.75, 3.05) is 6.54 Å². The van der Waals surface area contributed by atoms with Crippen molar-refractivity contribution in [1.29, 1.82) is 0 Å². The van der Waals surface area contributed by atoms with E-state index in [0.29, 0.717) is 0 Å². The molecule has 0 aliphatic heterocycles. The van der Waals surface area contributed by atoms with Gasteiger partial charge in [-0.3, -0.25) is 0 Å². The van der Waals surface area contributed by atoms with Gasteiger partial charge in [0.25, 0.3) is 0 Å². The van der Waals surface area contributed by atoms with Gasteiger partial charge in [0.15, 0.2) is 0 Å². The summed E-state index contributed by atoms with van der Waals surface area (Å²) < 4.78 is 0. The molecule has 0 aromatic heterocycles. The van der Waals surface area contributed by atoms with Crippen LogP contribution >= 0.6 is 12.4 Å². The van der Waals surface area contributed by atoms with Crippen molar-refractivity contribution in [3.05, 3.63) is 0 Å². The van der Waals surface area contributed by atoms with E-state index in [-0.39, 0.29) is 12.4 Å². The van der Waals surface area contributed by atoms with Gasteiger partial charge in [-0.15, -0.1) is 12.4 Å². The largest absolute Gasteiger partial charge is 0.330 e. The Balaban J connectivity index is 0.000000640. The van der Waals surface area contributed by atoms with Crippen LogP contribution < -0.4 is 5.73 Å². The maximum absolute atomic E-state index is 5.52. The van der Waals surface area contributed by atoms with Gasteiger partial charge in [0.2, 0.25) is 0 Å². The second kappa shape index (κ2) is 4.13. The van der Waals surface area contributed by atoms with Crippen molar-refractivity contribution in [3.63, 3.8) is 0 Å². The van der Waals surface area contributed by atoms with Crippen molar-refractivity contribution >= 4 is 12.4 Å². The lowest BCUT2D eigenvalue weighted by atomic mass is 9.99. The van der Waals surface area contributed by atoms with E-state index in [1.807, 2.05) is 0 Å². The highest BCUT2D eigenvalue weighted by atomic mass is 35.5. The number of hydrogen-bond acceptors (Lipinski definition) is 1. The maximum Gasteiger partial charge on any atom is -0.00463 e. The van der Waals surface area contributed by atoms with E-state index in [4.69, 9.17) is 5.73 Å². The van der Waals surface area contributed by atoms with Gasteiger partial charge in [-0.1, -0.05) is 19.8 Å². The lowest BCUT2D eigenvalue weighted by molar-refractivity contribution is 0.429. The fourth-order valence-corrected chi connectivity index (χ4v) is 1.57. The molecule has 0 spiro atoms. The zero-order valence-corrected chi connectivity index (χ0v) is 6.79. The van der Waals surface area contributed by atoms with Gasteiger partial charge in [-0.2, -0.15) is 0 Å². The van der Waals surface area contributed by atoms with E-state index in [1.54, 1.807) is 0 Å². The monoisotopic (exact) mass is 149 g/mol. The third-order valence-corrected chi connectivity index (χ3v) is 2.34. The molecule has 2 N–H and O–H groups in total. The Labute approximate surface area is 63.4 Å². The molecule has 1 saturated carbocycles. The molecule has 1 fully saturated rings. The summed E-state index contributed by atoms with van der Waals surface area (Å²) in [7, 11) is 0. The first kappa shape index (κ1) is 9.25. The normalized spacial score (nSPS) is 34.0. The molecule has 1 aliphatic rings. The summed E-state index contributed by atoms with van der Waals surface area (Å²) in [6.45, 7) is 3.21. The van der Waals surface area contributed by atoms with Gasteiger partial charge in [0, 0.05) is 0 Å². The maximum atomic E-state index is 5.52. The van der Waals surface area contributed by atoms with Crippen molar-refractivity contribution in [1.82, 2.24) is 0 Å². The third-order valence-electron chi connectivity index (χ3n) is 2.34. The number of halogens is 1. The molecule has 0 aromatic rings. The average Bonchev–Trinajstić information content (AvgIpc) is 2.14. The highest BCUT2D eigenvalue weighted by molar-refractivity contribution is 5.85. The molecule has 1 nitrogen and oxygen atoms in total. The van der Waals surface area contributed by atoms with Crippen LogP contribution in [0.3, 0.4) is 0 Å². The van der Waals surface area contributed by atoms with E-state index in [1.165, 1.54) is 19.3 Å². The van der Waals surface area contributed by atoms with Gasteiger partial charge in [0.1, 0.15) is 0 Å². The Hall–Kier alpha value is 0.250. The van der Waals surface area contributed by atoms with Gasteiger partial charge in [-0.25, -0.2) is 0 Å². The second-order valence-corrected chi connectivity index (χ2v) is 2.90. The number of rotatable bonds is 1. The summed E-state index contributed by atoms with van der Waals surface area (Å²) in [5, 5.41) is 0. The molecule has 2 atom stereocenters. The van der Waals surface area contributed by atoms with Crippen LogP contribution in [0, 0.1) is 11.8 Å². The molecule has 0 radical (unpaired) electrons. The molecule has 0 bridgehead atoms. The van der Waals surface area contributed by atoms with E-state index < -0.39 is 0 Å². The first-order chi connectivity index (χ1) is 3.84. The summed E-state index contributed by atoms with van der Waals surface area (Å²) in [5.74, 6) is 1.75. The minimum absolute atomic E-state index is 0. The first-order valence-electron chi connectivity index (χ1n) is 3.54. The summed E-state index contributed by atoms with van der Waals surface area (Å²) in [6, 6.07) is 0. The lowest BCUT2D eigenvalue weighted by Crippen LogP contribution is -2.15. The standard InChI is InChI=1S/C7H15N.ClH/c1-6-3-2-4-7(6)5-8;/h6-7H,2-5,8H2,1H3;1H. The van der Waals surface area contributed by atoms with E-state index in [0.717, 1.165) is 18.4 Å². The molecule has 0 saturated heterocycles. The van der Waals surface area contributed by atoms with Gasteiger partial charge >= 0.3 is 0 Å². The Bertz CT molecular complexity index is 75.3. The van der Waals surface area contributed by atoms with Crippen LogP contribution in [0.2, 0.25) is 0 Å². The quantitative estimate of drug-likeness (QED) is 0.605. The smallest absolute Gasteiger partial charge is 0.00463 e. The minimum atomic E-state index is 0. The van der Waals surface area contributed by atoms with E-state index in [2.05, 4.69) is 6.92 Å². The van der Waals surface area contributed by atoms with Crippen LogP contribution in [0.5, 0.6) is 0 Å². The molecule has 1 rings (SSSR count). The predicted octanol–water partition coefficient (Wildman–Crippen LogP) is 1.80. The summed E-state index contributed by atoms with van der Waals surface area (Å²) in [5.41, 5.74) is 5.52. The van der Waals surface area contributed by atoms with Crippen molar-refractivity contribution in [3.8, 4) is 0 Å². The number of nitrogens with two attached hydrogens (primary N) is 1. The Morgan fingerprint density at radius 1 is 1.44 bits per heavy atom. The second-order valence-electron chi connectivity index (χ2n) is 2.90. The van der Waals surface area contributed by atoms with Crippen LogP contribution in [-0.4, -0.2) is 6.54 Å². The zero-order valence-electron chi connectivity index (χ0n) is 5.97. The van der Waals surface area contributed by atoms with Crippen LogP contribution in [0.25, 0.3) is 0 Å². The molecule has 9 heavy (non-hydrogen) atoms. The SMILES string of the molecule is CC1CCCC1CN.Cl. The van der Waals surface area contributed by atoms with Gasteiger partial charge in [0.05, 0.1) is 0 Å². The van der Waals surface area contributed by atoms with Crippen molar-refractivity contribution < 1.29 is 0 Å². The minimum Gasteiger partial charge on any atom is -0.330 e. The average molecular weight is 150 g/mol. The summed E-state index contributed by atoms with van der Waals surface area (Å²) >= 11 is 0. The number of hydrogen-bond donors (Lipinski definition) is 1. The Morgan fingerprint density at radius 3 is 2.33 bits per heavy atom. The Kier molecular flexibility index (Phi) is 4.24. The van der Waals surface area contributed by atoms with Crippen LogP contribution in [0.4, 0.5) is 0 Å². The third kappa shape index (κ3) is 2.15. The molecule has 0 amide bonds. The molecule has 56 valence electrons. The molecule has 1 aliphatic carbocycles. The van der Waals surface area contributed by atoms with Crippen LogP contribution in [-0.2, 0) is 0 Å². The molecule has 2 heteroatoms. The van der Waals surface area contributed by atoms with Crippen molar-refractivity contribution in [2.24, 2.45) is 17.6 Å². The predicted molar refractivity (Wildman–Crippen MR) is 42.8 cm³/mol. The fraction of sp³-hybridized carbons (Fsp3) is 1.00. The molecular weight excluding hydrogens is 134 g/mol. The van der Waals surface area contributed by atoms with E-state index >= 15 is 0 Å². The zero-order chi connectivity index (χ0) is 5.98. The fourth-order valence-electron chi connectivity index (χ4n) is 1.57. The summed E-state index contributed by atoms with van der Waals surface area (Å²) in [6.07, 6.45) is 4.18. The highest BCUT2D eigenvalue weighted by Crippen LogP contribution is 2.29. The lowest BCUT2D eigenvalue weighted by Gasteiger charge is -2.10. The van der Waals surface area contributed by atoms with Crippen LogP contribution in [0.15, 0.2) is 0 Å². The first-order valence-corrected chi connectivity index (χ1v) is 3.54. The van der Waals surface area contributed by atoms with E-state index in [9.17, 15) is 0 Å². The van der Waals surface area contributed by atoms with Gasteiger partial charge < -0.3 is 5.73 Å². The van der Waals surface area contributed by atoms with Crippen LogP contribution in [0.1, 0.15) is 26.2 Å². The highest BCUT2D eigenvalue weighted by Gasteiger charge is 2.20. The van der Waals surface area contributed by atoms with Gasteiger partial charge in [-0.05, 0) is 24.8 Å².